The van der Waals surface area contributed by atoms with Gasteiger partial charge in [-0.25, -0.2) is 17.2 Å². The number of carbonyl (C=O) groups excluding carboxylic acids is 1. The summed E-state index contributed by atoms with van der Waals surface area (Å²) in [4.78, 5) is 14.9. The maximum atomic E-state index is 14.6. The van der Waals surface area contributed by atoms with Crippen molar-refractivity contribution in [3.05, 3.63) is 65.6 Å². The smallest absolute Gasteiger partial charge is 0.269 e. The molecule has 0 aliphatic carbocycles. The molecular formula is C21H23F2N3O3S. The van der Waals surface area contributed by atoms with E-state index in [1.165, 1.54) is 19.1 Å². The Kier molecular flexibility index (Phi) is 6.12. The number of benzene rings is 1. The van der Waals surface area contributed by atoms with E-state index in [9.17, 15) is 22.0 Å². The van der Waals surface area contributed by atoms with Crippen LogP contribution in [0.15, 0.2) is 53.2 Å². The van der Waals surface area contributed by atoms with E-state index in [0.717, 1.165) is 11.6 Å². The lowest BCUT2D eigenvalue weighted by atomic mass is 10.2. The molecule has 1 unspecified atom stereocenters. The van der Waals surface area contributed by atoms with Gasteiger partial charge in [-0.15, -0.1) is 0 Å². The molecule has 0 saturated carbocycles. The Morgan fingerprint density at radius 2 is 1.90 bits per heavy atom. The number of aromatic amines is 1. The van der Waals surface area contributed by atoms with Crippen molar-refractivity contribution in [2.75, 3.05) is 6.54 Å². The molecule has 6 nitrogen and oxygen atoms in total. The van der Waals surface area contributed by atoms with Crippen LogP contribution in [0.2, 0.25) is 0 Å². The van der Waals surface area contributed by atoms with E-state index in [1.54, 1.807) is 13.8 Å². The number of nitrogens with zero attached hydrogens (tertiary/aromatic N) is 1. The van der Waals surface area contributed by atoms with Gasteiger partial charge in [0, 0.05) is 25.5 Å². The molecule has 0 saturated heterocycles. The Labute approximate surface area is 173 Å². The van der Waals surface area contributed by atoms with Crippen molar-refractivity contribution in [1.82, 2.24) is 14.9 Å². The Hall–Kier alpha value is -2.94. The average Bonchev–Trinajstić information content (AvgIpc) is 3.32. The normalized spacial score (nSPS) is 12.7. The number of rotatable bonds is 7. The first-order valence-corrected chi connectivity index (χ1v) is 10.9. The second kappa shape index (κ2) is 8.43. The number of fused-ring (bicyclic) bond motifs is 1. The van der Waals surface area contributed by atoms with Gasteiger partial charge in [0.05, 0.1) is 16.2 Å². The number of hydrogen-bond acceptors (Lipinski definition) is 3. The fourth-order valence-corrected chi connectivity index (χ4v) is 5.02. The first-order chi connectivity index (χ1) is 14.1. The van der Waals surface area contributed by atoms with Crippen LogP contribution in [-0.2, 0) is 16.4 Å². The van der Waals surface area contributed by atoms with Crippen LogP contribution >= 0.6 is 0 Å². The van der Waals surface area contributed by atoms with Gasteiger partial charge in [-0.2, -0.15) is 0 Å². The van der Waals surface area contributed by atoms with Crippen LogP contribution in [0, 0.1) is 11.6 Å². The SMILES string of the molecule is CC(C)=CC(C)S(=O)(=O)c1c(C(=O)NCCn2cccc2)[nH]c2ccc(F)c(F)c12. The maximum Gasteiger partial charge on any atom is 0.269 e. The van der Waals surface area contributed by atoms with Crippen molar-refractivity contribution in [3.8, 4) is 0 Å². The molecular weight excluding hydrogens is 412 g/mol. The minimum absolute atomic E-state index is 0.0347. The van der Waals surface area contributed by atoms with Crippen molar-refractivity contribution < 1.29 is 22.0 Å². The molecule has 160 valence electrons. The van der Waals surface area contributed by atoms with Gasteiger partial charge in [0.25, 0.3) is 5.91 Å². The number of carbonyl (C=O) groups is 1. The molecule has 1 amide bonds. The molecule has 0 aliphatic heterocycles. The minimum atomic E-state index is -4.18. The third kappa shape index (κ3) is 4.16. The number of nitrogens with one attached hydrogen (secondary N) is 2. The Balaban J connectivity index is 2.07. The molecule has 2 N–H and O–H groups in total. The average molecular weight is 435 g/mol. The number of halogens is 2. The van der Waals surface area contributed by atoms with Crippen LogP contribution in [0.5, 0.6) is 0 Å². The third-order valence-corrected chi connectivity index (χ3v) is 6.79. The molecule has 0 aliphatic rings. The second-order valence-corrected chi connectivity index (χ2v) is 9.53. The van der Waals surface area contributed by atoms with Crippen LogP contribution in [0.4, 0.5) is 8.78 Å². The lowest BCUT2D eigenvalue weighted by Gasteiger charge is -2.12. The van der Waals surface area contributed by atoms with E-state index in [2.05, 4.69) is 10.3 Å². The van der Waals surface area contributed by atoms with Gasteiger partial charge in [-0.05, 0) is 45.0 Å². The Morgan fingerprint density at radius 3 is 2.53 bits per heavy atom. The number of H-pyrrole nitrogens is 1. The fraction of sp³-hybridized carbons (Fsp3) is 0.286. The lowest BCUT2D eigenvalue weighted by Crippen LogP contribution is -2.29. The number of sulfone groups is 1. The summed E-state index contributed by atoms with van der Waals surface area (Å²) < 4.78 is 56.9. The zero-order valence-corrected chi connectivity index (χ0v) is 17.7. The molecule has 2 aromatic heterocycles. The highest BCUT2D eigenvalue weighted by molar-refractivity contribution is 7.92. The molecule has 0 spiro atoms. The number of hydrogen-bond donors (Lipinski definition) is 2. The van der Waals surface area contributed by atoms with Crippen LogP contribution in [0.3, 0.4) is 0 Å². The van der Waals surface area contributed by atoms with E-state index in [0.29, 0.717) is 6.54 Å². The monoisotopic (exact) mass is 435 g/mol. The van der Waals surface area contributed by atoms with Crippen LogP contribution in [0.25, 0.3) is 10.9 Å². The van der Waals surface area contributed by atoms with E-state index in [-0.39, 0.29) is 17.8 Å². The van der Waals surface area contributed by atoms with Gasteiger partial charge in [0.1, 0.15) is 10.6 Å². The van der Waals surface area contributed by atoms with Gasteiger partial charge in [-0.3, -0.25) is 4.79 Å². The summed E-state index contributed by atoms with van der Waals surface area (Å²) >= 11 is 0. The molecule has 0 bridgehead atoms. The zero-order valence-electron chi connectivity index (χ0n) is 16.9. The predicted molar refractivity (Wildman–Crippen MR) is 111 cm³/mol. The lowest BCUT2D eigenvalue weighted by molar-refractivity contribution is 0.0945. The summed E-state index contributed by atoms with van der Waals surface area (Å²) in [6.07, 6.45) is 5.15. The highest BCUT2D eigenvalue weighted by Crippen LogP contribution is 2.33. The Morgan fingerprint density at radius 1 is 1.23 bits per heavy atom. The second-order valence-electron chi connectivity index (χ2n) is 7.28. The molecule has 0 fully saturated rings. The molecule has 30 heavy (non-hydrogen) atoms. The van der Waals surface area contributed by atoms with Crippen LogP contribution in [-0.4, -0.2) is 35.7 Å². The van der Waals surface area contributed by atoms with Crippen LogP contribution in [0.1, 0.15) is 31.3 Å². The summed E-state index contributed by atoms with van der Waals surface area (Å²) in [5, 5.41) is 1.16. The van der Waals surface area contributed by atoms with Crippen molar-refractivity contribution in [1.29, 1.82) is 0 Å². The van der Waals surface area contributed by atoms with E-state index < -0.39 is 42.9 Å². The summed E-state index contributed by atoms with van der Waals surface area (Å²) in [5.41, 5.74) is 0.471. The van der Waals surface area contributed by atoms with Gasteiger partial charge in [0.15, 0.2) is 21.5 Å². The minimum Gasteiger partial charge on any atom is -0.353 e. The molecule has 3 rings (SSSR count). The summed E-state index contributed by atoms with van der Waals surface area (Å²) in [5.74, 6) is -3.20. The molecule has 0 radical (unpaired) electrons. The predicted octanol–water partition coefficient (Wildman–Crippen LogP) is 3.81. The van der Waals surface area contributed by atoms with Crippen molar-refractivity contribution >= 4 is 26.6 Å². The largest absolute Gasteiger partial charge is 0.353 e. The fourth-order valence-electron chi connectivity index (χ4n) is 3.29. The van der Waals surface area contributed by atoms with Crippen molar-refractivity contribution in [3.63, 3.8) is 0 Å². The quantitative estimate of drug-likeness (QED) is 0.554. The summed E-state index contributed by atoms with van der Waals surface area (Å²) in [7, 11) is -4.18. The Bertz CT molecular complexity index is 1210. The number of aromatic nitrogens is 2. The summed E-state index contributed by atoms with van der Waals surface area (Å²) in [6, 6.07) is 5.78. The van der Waals surface area contributed by atoms with E-state index in [1.807, 2.05) is 29.1 Å². The molecule has 1 atom stereocenters. The van der Waals surface area contributed by atoms with Gasteiger partial charge in [-0.1, -0.05) is 11.6 Å². The van der Waals surface area contributed by atoms with Crippen LogP contribution < -0.4 is 5.32 Å². The molecule has 9 heteroatoms. The van der Waals surface area contributed by atoms with Crippen molar-refractivity contribution in [2.45, 2.75) is 37.5 Å². The maximum absolute atomic E-state index is 14.6. The first-order valence-electron chi connectivity index (χ1n) is 9.40. The van der Waals surface area contributed by atoms with Gasteiger partial charge >= 0.3 is 0 Å². The third-order valence-electron chi connectivity index (χ3n) is 4.70. The van der Waals surface area contributed by atoms with Gasteiger partial charge < -0.3 is 14.9 Å². The zero-order chi connectivity index (χ0) is 22.1. The highest BCUT2D eigenvalue weighted by atomic mass is 32.2. The topological polar surface area (TPSA) is 84.0 Å². The first kappa shape index (κ1) is 21.8. The highest BCUT2D eigenvalue weighted by Gasteiger charge is 2.33. The standard InChI is InChI=1S/C21H23F2N3O3S/c1-13(2)12-14(3)30(28,29)20-17-16(7-6-15(22)18(17)23)25-19(20)21(27)24-8-11-26-9-4-5-10-26/h4-7,9-10,12,14,25H,8,11H2,1-3H3,(H,24,27). The molecule has 2 heterocycles. The number of amides is 1. The van der Waals surface area contributed by atoms with E-state index in [4.69, 9.17) is 0 Å². The molecule has 3 aromatic rings. The number of allylic oxidation sites excluding steroid dienone is 1. The van der Waals surface area contributed by atoms with E-state index >= 15 is 0 Å². The summed E-state index contributed by atoms with van der Waals surface area (Å²) in [6.45, 7) is 5.60. The van der Waals surface area contributed by atoms with Crippen molar-refractivity contribution in [2.24, 2.45) is 0 Å². The van der Waals surface area contributed by atoms with Gasteiger partial charge in [0.2, 0.25) is 0 Å². The molecule has 1 aromatic carbocycles.